The number of hydrogen-bond donors (Lipinski definition) is 4. The predicted molar refractivity (Wildman–Crippen MR) is 336 cm³/mol. The van der Waals surface area contributed by atoms with Gasteiger partial charge in [0.15, 0.2) is 0 Å². The van der Waals surface area contributed by atoms with Gasteiger partial charge in [0.25, 0.3) is 0 Å². The highest BCUT2D eigenvalue weighted by Crippen LogP contribution is 2.37. The smallest absolute Gasteiger partial charge is 0.0441 e. The Kier molecular flexibility index (Phi) is 31.9. The van der Waals surface area contributed by atoms with Gasteiger partial charge in [-0.1, -0.05) is 261 Å². The van der Waals surface area contributed by atoms with E-state index in [1.54, 1.807) is 0 Å². The Morgan fingerprint density at radius 1 is 0.211 bits per heavy atom. The molecule has 0 atom stereocenters. The number of aromatic nitrogens is 4. The molecule has 1 aliphatic heterocycles. The Morgan fingerprint density at radius 2 is 0.382 bits per heavy atom. The van der Waals surface area contributed by atoms with E-state index < -0.39 is 0 Å². The van der Waals surface area contributed by atoms with Gasteiger partial charge < -0.3 is 19.9 Å². The molecule has 0 aromatic carbocycles. The summed E-state index contributed by atoms with van der Waals surface area (Å²) in [5, 5.41) is 5.38. The minimum atomic E-state index is 0.494. The van der Waals surface area contributed by atoms with Crippen molar-refractivity contribution in [1.82, 2.24) is 19.9 Å². The SMILES string of the molecule is CCCCCCC(CCCCCC)C1=c2ccc([nH]2)=C(C(CCCCCC)CCCCCC)c2ccc([nH]2)C(C(CCCCCC)CCCCCC)=c2ccc([nH]2)=C(C(CCCCCC)CCCCCC)c2ccc1[nH]2. The van der Waals surface area contributed by atoms with E-state index in [9.17, 15) is 0 Å². The van der Waals surface area contributed by atoms with Crippen molar-refractivity contribution >= 4 is 22.3 Å². The Labute approximate surface area is 468 Å². The first-order valence-electron chi connectivity index (χ1n) is 33.7. The van der Waals surface area contributed by atoms with Crippen LogP contribution in [0.25, 0.3) is 22.3 Å². The predicted octanol–water partition coefficient (Wildman–Crippen LogP) is 20.3. The molecule has 4 aromatic heterocycles. The molecule has 0 saturated heterocycles. The monoisotopic (exact) mass is 1040 g/mol. The minimum Gasteiger partial charge on any atom is -0.355 e. The zero-order valence-electron chi connectivity index (χ0n) is 51.2. The lowest BCUT2D eigenvalue weighted by molar-refractivity contribution is 0.479. The topological polar surface area (TPSA) is 63.2 Å². The van der Waals surface area contributed by atoms with Crippen LogP contribution in [0.4, 0.5) is 0 Å². The summed E-state index contributed by atoms with van der Waals surface area (Å²) in [5.41, 5.74) is 11.5. The number of H-pyrrole nitrogens is 4. The molecule has 0 saturated carbocycles. The van der Waals surface area contributed by atoms with E-state index in [0.29, 0.717) is 23.7 Å². The third-order valence-electron chi connectivity index (χ3n) is 17.9. The Balaban J connectivity index is 1.91. The number of rotatable bonds is 44. The van der Waals surface area contributed by atoms with Crippen LogP contribution in [-0.2, 0) is 0 Å². The molecule has 0 aliphatic carbocycles. The van der Waals surface area contributed by atoms with Crippen LogP contribution in [0.5, 0.6) is 0 Å². The summed E-state index contributed by atoms with van der Waals surface area (Å²) >= 11 is 0. The van der Waals surface area contributed by atoms with Gasteiger partial charge in [0, 0.05) is 66.5 Å². The van der Waals surface area contributed by atoms with E-state index in [1.165, 1.54) is 323 Å². The van der Waals surface area contributed by atoms with Crippen LogP contribution in [-0.4, -0.2) is 19.9 Å². The molecule has 5 rings (SSSR count). The average Bonchev–Trinajstić information content (AvgIpc) is 4.29. The molecule has 5 heterocycles. The fourth-order valence-electron chi connectivity index (χ4n) is 13.4. The van der Waals surface area contributed by atoms with Gasteiger partial charge in [0.1, 0.15) is 0 Å². The summed E-state index contributed by atoms with van der Waals surface area (Å²) in [5.74, 6) is 1.97. The zero-order chi connectivity index (χ0) is 54.0. The van der Waals surface area contributed by atoms with Crippen molar-refractivity contribution in [3.05, 3.63) is 92.7 Å². The minimum absolute atomic E-state index is 0.494. The molecule has 0 spiro atoms. The van der Waals surface area contributed by atoms with Gasteiger partial charge in [0.2, 0.25) is 0 Å². The van der Waals surface area contributed by atoms with E-state index in [4.69, 9.17) is 0 Å². The normalized spacial score (nSPS) is 13.1. The number of fused-ring (bicyclic) bond motifs is 8. The second-order valence-corrected chi connectivity index (χ2v) is 24.4. The second-order valence-electron chi connectivity index (χ2n) is 24.4. The molecular formula is C72H120N4. The number of aromatic amines is 4. The van der Waals surface area contributed by atoms with Crippen LogP contribution >= 0.6 is 0 Å². The molecule has 0 unspecified atom stereocenters. The summed E-state index contributed by atoms with van der Waals surface area (Å²) in [6.45, 7) is 18.9. The van der Waals surface area contributed by atoms with E-state index in [1.807, 2.05) is 0 Å². The van der Waals surface area contributed by atoms with Crippen molar-refractivity contribution in [2.75, 3.05) is 0 Å². The molecular weight excluding hydrogens is 921 g/mol. The van der Waals surface area contributed by atoms with E-state index in [-0.39, 0.29) is 0 Å². The summed E-state index contributed by atoms with van der Waals surface area (Å²) in [4.78, 5) is 17.4. The van der Waals surface area contributed by atoms with Gasteiger partial charge in [-0.25, -0.2) is 0 Å². The van der Waals surface area contributed by atoms with Crippen LogP contribution < -0.4 is 21.4 Å². The van der Waals surface area contributed by atoms with Crippen LogP contribution in [0.2, 0.25) is 0 Å². The van der Waals surface area contributed by atoms with Crippen molar-refractivity contribution in [3.8, 4) is 0 Å². The first kappa shape index (κ1) is 63.4. The third kappa shape index (κ3) is 20.7. The van der Waals surface area contributed by atoms with Crippen LogP contribution in [0.15, 0.2) is 48.5 Å². The Bertz CT molecular complexity index is 1980. The first-order valence-corrected chi connectivity index (χ1v) is 33.7. The highest BCUT2D eigenvalue weighted by Gasteiger charge is 2.27. The lowest BCUT2D eigenvalue weighted by Crippen LogP contribution is -2.24. The number of unbranched alkanes of at least 4 members (excludes halogenated alkanes) is 24. The summed E-state index contributed by atoms with van der Waals surface area (Å²) < 4.78 is 0. The molecule has 4 heteroatoms. The van der Waals surface area contributed by atoms with Gasteiger partial charge in [-0.2, -0.15) is 0 Å². The highest BCUT2D eigenvalue weighted by molar-refractivity contribution is 5.73. The molecule has 4 nitrogen and oxygen atoms in total. The molecule has 1 aliphatic rings. The fourth-order valence-corrected chi connectivity index (χ4v) is 13.4. The lowest BCUT2D eigenvalue weighted by atomic mass is 9.85. The summed E-state index contributed by atoms with van der Waals surface area (Å²) in [6, 6.07) is 20.2. The van der Waals surface area contributed by atoms with Crippen molar-refractivity contribution in [3.63, 3.8) is 0 Å². The fraction of sp³-hybridized carbons (Fsp3) is 0.722. The van der Waals surface area contributed by atoms with Gasteiger partial charge in [-0.15, -0.1) is 0 Å². The molecule has 428 valence electrons. The molecule has 0 radical (unpaired) electrons. The quantitative estimate of drug-likeness (QED) is 0.0319. The zero-order valence-corrected chi connectivity index (χ0v) is 51.2. The molecule has 8 bridgehead atoms. The number of nitrogens with one attached hydrogen (secondary N) is 4. The standard InChI is InChI=1S/C72H120N4/c1-9-17-25-33-41-57(42-34-26-18-10-2)69-61-49-51-63(73-61)70(58(43-35-27-19-11-3)44-36-28-20-12-4)65-53-55-67(75-65)72(60(47-39-31-23-15-7)48-40-32-24-16-8)68-56-54-66(76-68)71(64-52-50-62(69)74-64)59(45-37-29-21-13-5)46-38-30-22-14-6/h49-60,73-76H,9-48H2,1-8H3. The van der Waals surface area contributed by atoms with Crippen molar-refractivity contribution in [2.45, 2.75) is 312 Å². The third-order valence-corrected chi connectivity index (χ3v) is 17.9. The summed E-state index contributed by atoms with van der Waals surface area (Å²) in [7, 11) is 0. The van der Waals surface area contributed by atoms with Crippen LogP contribution in [0.1, 0.15) is 335 Å². The maximum absolute atomic E-state index is 4.35. The van der Waals surface area contributed by atoms with Crippen molar-refractivity contribution < 1.29 is 0 Å². The largest absolute Gasteiger partial charge is 0.355 e. The van der Waals surface area contributed by atoms with E-state index >= 15 is 0 Å². The molecule has 76 heavy (non-hydrogen) atoms. The maximum Gasteiger partial charge on any atom is 0.0441 e. The second kappa shape index (κ2) is 38.2. The van der Waals surface area contributed by atoms with E-state index in [2.05, 4.69) is 124 Å². The summed E-state index contributed by atoms with van der Waals surface area (Å²) in [6.07, 6.45) is 51.9. The molecule has 4 aromatic rings. The van der Waals surface area contributed by atoms with Crippen molar-refractivity contribution in [1.29, 1.82) is 0 Å². The molecule has 0 amide bonds. The number of hydrogen-bond acceptors (Lipinski definition) is 0. The van der Waals surface area contributed by atoms with Gasteiger partial charge >= 0.3 is 0 Å². The van der Waals surface area contributed by atoms with E-state index in [0.717, 1.165) is 0 Å². The van der Waals surface area contributed by atoms with Gasteiger partial charge in [-0.3, -0.25) is 0 Å². The Hall–Kier alpha value is -3.40. The average molecular weight is 1040 g/mol. The maximum atomic E-state index is 4.35. The Morgan fingerprint density at radius 3 is 0.539 bits per heavy atom. The lowest BCUT2D eigenvalue weighted by Gasteiger charge is -2.23. The molecule has 0 fully saturated rings. The van der Waals surface area contributed by atoms with Crippen molar-refractivity contribution in [2.24, 2.45) is 23.7 Å². The molecule has 4 N–H and O–H groups in total. The highest BCUT2D eigenvalue weighted by atomic mass is 14.8. The van der Waals surface area contributed by atoms with Gasteiger partial charge in [-0.05, 0) is 124 Å². The van der Waals surface area contributed by atoms with Crippen LogP contribution in [0, 0.1) is 23.7 Å². The van der Waals surface area contributed by atoms with Gasteiger partial charge in [0.05, 0.1) is 0 Å². The first-order chi connectivity index (χ1) is 37.5. The van der Waals surface area contributed by atoms with Crippen LogP contribution in [0.3, 0.4) is 0 Å².